The summed E-state index contributed by atoms with van der Waals surface area (Å²) in [5.74, 6) is -0.219. The lowest BCUT2D eigenvalue weighted by Crippen LogP contribution is -2.30. The highest BCUT2D eigenvalue weighted by atomic mass is 16.5. The summed E-state index contributed by atoms with van der Waals surface area (Å²) in [5.41, 5.74) is 2.65. The molecule has 0 aliphatic heterocycles. The lowest BCUT2D eigenvalue weighted by atomic mass is 10.1. The van der Waals surface area contributed by atoms with Gasteiger partial charge in [-0.25, -0.2) is 4.79 Å². The first-order valence-electron chi connectivity index (χ1n) is 8.97. The van der Waals surface area contributed by atoms with E-state index in [1.807, 2.05) is 37.3 Å². The number of aryl methyl sites for hydroxylation is 1. The van der Waals surface area contributed by atoms with E-state index in [-0.39, 0.29) is 5.91 Å². The number of furan rings is 1. The van der Waals surface area contributed by atoms with Gasteiger partial charge in [-0.2, -0.15) is 0 Å². The van der Waals surface area contributed by atoms with Gasteiger partial charge in [-0.1, -0.05) is 24.3 Å². The molecule has 0 bridgehead atoms. The first-order chi connectivity index (χ1) is 13.5. The zero-order valence-electron chi connectivity index (χ0n) is 15.8. The van der Waals surface area contributed by atoms with Crippen molar-refractivity contribution in [1.29, 1.82) is 0 Å². The van der Waals surface area contributed by atoms with Crippen LogP contribution in [-0.2, 0) is 16.1 Å². The second-order valence-electron chi connectivity index (χ2n) is 6.38. The Morgan fingerprint density at radius 3 is 2.64 bits per heavy atom. The maximum atomic E-state index is 12.6. The second-order valence-corrected chi connectivity index (χ2v) is 6.38. The predicted molar refractivity (Wildman–Crippen MR) is 107 cm³/mol. The van der Waals surface area contributed by atoms with Crippen LogP contribution in [0.15, 0.2) is 71.3 Å². The van der Waals surface area contributed by atoms with Crippen LogP contribution < -0.4 is 10.6 Å². The van der Waals surface area contributed by atoms with E-state index < -0.39 is 12.1 Å². The van der Waals surface area contributed by atoms with Gasteiger partial charge >= 0.3 is 5.97 Å². The molecule has 6 nitrogen and oxygen atoms in total. The fourth-order valence-electron chi connectivity index (χ4n) is 2.66. The third kappa shape index (κ3) is 5.01. The molecule has 0 unspecified atom stereocenters. The van der Waals surface area contributed by atoms with Gasteiger partial charge in [-0.3, -0.25) is 4.79 Å². The van der Waals surface area contributed by atoms with Crippen molar-refractivity contribution in [3.8, 4) is 0 Å². The van der Waals surface area contributed by atoms with E-state index in [1.165, 1.54) is 0 Å². The first kappa shape index (κ1) is 19.2. The molecule has 1 atom stereocenters. The number of hydrogen-bond acceptors (Lipinski definition) is 5. The topological polar surface area (TPSA) is 80.6 Å². The average molecular weight is 378 g/mol. The SMILES string of the molecule is Cc1cccc(NC(=O)[C@H](C)OC(=O)c2ccccc2NCc2ccco2)c1. The van der Waals surface area contributed by atoms with Gasteiger partial charge in [0.1, 0.15) is 5.76 Å². The van der Waals surface area contributed by atoms with Gasteiger partial charge in [0.15, 0.2) is 6.10 Å². The smallest absolute Gasteiger partial charge is 0.341 e. The highest BCUT2D eigenvalue weighted by Gasteiger charge is 2.21. The Morgan fingerprint density at radius 2 is 1.89 bits per heavy atom. The number of benzene rings is 2. The lowest BCUT2D eigenvalue weighted by molar-refractivity contribution is -0.123. The Morgan fingerprint density at radius 1 is 1.07 bits per heavy atom. The number of para-hydroxylation sites is 1. The molecule has 0 saturated heterocycles. The van der Waals surface area contributed by atoms with E-state index in [9.17, 15) is 9.59 Å². The molecule has 0 fully saturated rings. The number of nitrogens with one attached hydrogen (secondary N) is 2. The predicted octanol–water partition coefficient (Wildman–Crippen LogP) is 4.38. The molecule has 6 heteroatoms. The Balaban J connectivity index is 1.62. The quantitative estimate of drug-likeness (QED) is 0.596. The zero-order chi connectivity index (χ0) is 19.9. The van der Waals surface area contributed by atoms with Crippen LogP contribution in [0.4, 0.5) is 11.4 Å². The fourth-order valence-corrected chi connectivity index (χ4v) is 2.66. The summed E-state index contributed by atoms with van der Waals surface area (Å²) in [6.45, 7) is 3.91. The maximum Gasteiger partial charge on any atom is 0.341 e. The largest absolute Gasteiger partial charge is 0.467 e. The van der Waals surface area contributed by atoms with E-state index in [0.717, 1.165) is 11.3 Å². The zero-order valence-corrected chi connectivity index (χ0v) is 15.8. The van der Waals surface area contributed by atoms with E-state index in [2.05, 4.69) is 10.6 Å². The summed E-state index contributed by atoms with van der Waals surface area (Å²) < 4.78 is 10.6. The molecule has 3 rings (SSSR count). The number of carbonyl (C=O) groups is 2. The van der Waals surface area contributed by atoms with Gasteiger partial charge < -0.3 is 19.8 Å². The first-order valence-corrected chi connectivity index (χ1v) is 8.97. The maximum absolute atomic E-state index is 12.6. The lowest BCUT2D eigenvalue weighted by Gasteiger charge is -2.15. The molecule has 3 aromatic rings. The van der Waals surface area contributed by atoms with Crippen LogP contribution in [0.1, 0.15) is 28.6 Å². The van der Waals surface area contributed by atoms with Crippen molar-refractivity contribution in [3.05, 3.63) is 83.8 Å². The number of amides is 1. The highest BCUT2D eigenvalue weighted by Crippen LogP contribution is 2.19. The molecule has 1 heterocycles. The van der Waals surface area contributed by atoms with Crippen LogP contribution in [0.25, 0.3) is 0 Å². The summed E-state index contributed by atoms with van der Waals surface area (Å²) in [7, 11) is 0. The van der Waals surface area contributed by atoms with Crippen LogP contribution in [-0.4, -0.2) is 18.0 Å². The molecular weight excluding hydrogens is 356 g/mol. The van der Waals surface area contributed by atoms with Crippen molar-refractivity contribution < 1.29 is 18.7 Å². The van der Waals surface area contributed by atoms with Crippen molar-refractivity contribution in [2.75, 3.05) is 10.6 Å². The number of carbonyl (C=O) groups excluding carboxylic acids is 2. The van der Waals surface area contributed by atoms with Crippen molar-refractivity contribution in [2.24, 2.45) is 0 Å². The molecule has 1 amide bonds. The monoisotopic (exact) mass is 378 g/mol. The standard InChI is InChI=1S/C22H22N2O4/c1-15-7-5-8-17(13-15)24-21(25)16(2)28-22(26)19-10-3-4-11-20(19)23-14-18-9-6-12-27-18/h3-13,16,23H,14H2,1-2H3,(H,24,25)/t16-/m0/s1. The number of hydrogen-bond donors (Lipinski definition) is 2. The molecule has 144 valence electrons. The van der Waals surface area contributed by atoms with Gasteiger partial charge in [0.05, 0.1) is 18.4 Å². The van der Waals surface area contributed by atoms with Crippen molar-refractivity contribution in [3.63, 3.8) is 0 Å². The average Bonchev–Trinajstić information content (AvgIpc) is 3.20. The van der Waals surface area contributed by atoms with Gasteiger partial charge in [-0.05, 0) is 55.8 Å². The molecule has 2 aromatic carbocycles. The Bertz CT molecular complexity index is 951. The minimum Gasteiger partial charge on any atom is -0.467 e. The molecule has 2 N–H and O–H groups in total. The van der Waals surface area contributed by atoms with E-state index in [4.69, 9.17) is 9.15 Å². The number of esters is 1. The summed E-state index contributed by atoms with van der Waals surface area (Å²) in [4.78, 5) is 24.9. The van der Waals surface area contributed by atoms with Crippen molar-refractivity contribution >= 4 is 23.3 Å². The van der Waals surface area contributed by atoms with E-state index in [0.29, 0.717) is 23.5 Å². The number of anilines is 2. The third-order valence-corrected chi connectivity index (χ3v) is 4.12. The molecule has 1 aromatic heterocycles. The Hall–Kier alpha value is -3.54. The van der Waals surface area contributed by atoms with Crippen molar-refractivity contribution in [2.45, 2.75) is 26.5 Å². The van der Waals surface area contributed by atoms with Gasteiger partial charge in [-0.15, -0.1) is 0 Å². The van der Waals surface area contributed by atoms with Crippen molar-refractivity contribution in [1.82, 2.24) is 0 Å². The molecule has 28 heavy (non-hydrogen) atoms. The molecule has 0 saturated carbocycles. The molecule has 0 aliphatic rings. The minimum absolute atomic E-state index is 0.351. The van der Waals surface area contributed by atoms with Crippen LogP contribution in [0.5, 0.6) is 0 Å². The highest BCUT2D eigenvalue weighted by molar-refractivity contribution is 5.99. The molecular formula is C22H22N2O4. The third-order valence-electron chi connectivity index (χ3n) is 4.12. The van der Waals surface area contributed by atoms with Crippen LogP contribution in [0.2, 0.25) is 0 Å². The summed E-state index contributed by atoms with van der Waals surface area (Å²) in [6, 6.07) is 18.0. The van der Waals surface area contributed by atoms with Gasteiger partial charge in [0.2, 0.25) is 0 Å². The summed E-state index contributed by atoms with van der Waals surface area (Å²) >= 11 is 0. The molecule has 0 spiro atoms. The summed E-state index contributed by atoms with van der Waals surface area (Å²) in [5, 5.41) is 5.90. The number of ether oxygens (including phenoxy) is 1. The van der Waals surface area contributed by atoms with E-state index >= 15 is 0 Å². The Labute approximate surface area is 163 Å². The van der Waals surface area contributed by atoms with Crippen LogP contribution >= 0.6 is 0 Å². The normalized spacial score (nSPS) is 11.5. The van der Waals surface area contributed by atoms with Crippen LogP contribution in [0, 0.1) is 6.92 Å². The molecule has 0 aliphatic carbocycles. The van der Waals surface area contributed by atoms with Crippen LogP contribution in [0.3, 0.4) is 0 Å². The molecule has 0 radical (unpaired) electrons. The second kappa shape index (κ2) is 8.90. The van der Waals surface area contributed by atoms with E-state index in [1.54, 1.807) is 43.5 Å². The minimum atomic E-state index is -0.939. The fraction of sp³-hybridized carbons (Fsp3) is 0.182. The number of rotatable bonds is 7. The Kier molecular flexibility index (Phi) is 6.11. The summed E-state index contributed by atoms with van der Waals surface area (Å²) in [6.07, 6.45) is 0.650. The van der Waals surface area contributed by atoms with Gasteiger partial charge in [0, 0.05) is 11.4 Å². The van der Waals surface area contributed by atoms with Gasteiger partial charge in [0.25, 0.3) is 5.91 Å².